The van der Waals surface area contributed by atoms with Crippen LogP contribution in [-0.4, -0.2) is 28.3 Å². The van der Waals surface area contributed by atoms with Gasteiger partial charge in [-0.25, -0.2) is 0 Å². The van der Waals surface area contributed by atoms with Crippen LogP contribution in [0.25, 0.3) is 0 Å². The zero-order chi connectivity index (χ0) is 13.7. The summed E-state index contributed by atoms with van der Waals surface area (Å²) in [6, 6.07) is 7.29. The minimum Gasteiger partial charge on any atom is -0.492 e. The second-order valence-corrected chi connectivity index (χ2v) is 6.36. The van der Waals surface area contributed by atoms with Crippen LogP contribution in [0, 0.1) is 6.92 Å². The Labute approximate surface area is 120 Å². The summed E-state index contributed by atoms with van der Waals surface area (Å²) >= 11 is 3.18. The SMILES string of the molecule is CC(=O)c1ccccc1OCCSc1nnc(C)s1. The molecule has 1 aromatic carbocycles. The van der Waals surface area contributed by atoms with Gasteiger partial charge in [-0.2, -0.15) is 0 Å². The first kappa shape index (κ1) is 14.0. The maximum absolute atomic E-state index is 11.4. The fourth-order valence-corrected chi connectivity index (χ4v) is 3.20. The summed E-state index contributed by atoms with van der Waals surface area (Å²) < 4.78 is 6.59. The van der Waals surface area contributed by atoms with Crippen LogP contribution < -0.4 is 4.74 Å². The van der Waals surface area contributed by atoms with E-state index in [9.17, 15) is 4.79 Å². The fraction of sp³-hybridized carbons (Fsp3) is 0.308. The normalized spacial score (nSPS) is 10.4. The molecule has 0 radical (unpaired) electrons. The maximum atomic E-state index is 11.4. The lowest BCUT2D eigenvalue weighted by Crippen LogP contribution is -2.04. The number of Topliss-reactive ketones (excluding diaryl/α,β-unsaturated/α-hetero) is 1. The molecule has 2 rings (SSSR count). The molecule has 0 N–H and O–H groups in total. The van der Waals surface area contributed by atoms with Crippen molar-refractivity contribution in [1.82, 2.24) is 10.2 Å². The molecule has 0 aliphatic heterocycles. The number of carbonyl (C=O) groups excluding carboxylic acids is 1. The maximum Gasteiger partial charge on any atom is 0.174 e. The first-order valence-corrected chi connectivity index (χ1v) is 7.62. The second kappa shape index (κ2) is 6.68. The van der Waals surface area contributed by atoms with E-state index in [2.05, 4.69) is 10.2 Å². The second-order valence-electron chi connectivity index (χ2n) is 3.84. The molecule has 0 bridgehead atoms. The average molecular weight is 294 g/mol. The number of para-hydroxylation sites is 1. The van der Waals surface area contributed by atoms with Crippen LogP contribution in [0.15, 0.2) is 28.6 Å². The largest absolute Gasteiger partial charge is 0.492 e. The molecule has 0 atom stereocenters. The average Bonchev–Trinajstić information content (AvgIpc) is 2.81. The Morgan fingerprint density at radius 3 is 2.84 bits per heavy atom. The standard InChI is InChI=1S/C13H14N2O2S2/c1-9(16)11-5-3-4-6-12(11)17-7-8-18-13-15-14-10(2)19-13/h3-6H,7-8H2,1-2H3. The van der Waals surface area contributed by atoms with Gasteiger partial charge in [-0.1, -0.05) is 35.2 Å². The first-order chi connectivity index (χ1) is 9.16. The van der Waals surface area contributed by atoms with E-state index in [1.807, 2.05) is 25.1 Å². The molecule has 1 heterocycles. The summed E-state index contributed by atoms with van der Waals surface area (Å²) in [4.78, 5) is 11.4. The molecule has 1 aromatic heterocycles. The molecular weight excluding hydrogens is 280 g/mol. The summed E-state index contributed by atoms with van der Waals surface area (Å²) in [7, 11) is 0. The molecule has 0 saturated carbocycles. The summed E-state index contributed by atoms with van der Waals surface area (Å²) in [6.45, 7) is 4.01. The Bertz CT molecular complexity index is 569. The molecular formula is C13H14N2O2S2. The third kappa shape index (κ3) is 4.04. The number of ketones is 1. The van der Waals surface area contributed by atoms with Crippen molar-refractivity contribution in [2.75, 3.05) is 12.4 Å². The molecule has 0 aliphatic carbocycles. The molecule has 2 aromatic rings. The minimum absolute atomic E-state index is 0.0167. The van der Waals surface area contributed by atoms with E-state index in [1.165, 1.54) is 0 Å². The highest BCUT2D eigenvalue weighted by atomic mass is 32.2. The van der Waals surface area contributed by atoms with Crippen molar-refractivity contribution in [1.29, 1.82) is 0 Å². The fourth-order valence-electron chi connectivity index (χ4n) is 1.50. The van der Waals surface area contributed by atoms with Crippen LogP contribution in [-0.2, 0) is 0 Å². The van der Waals surface area contributed by atoms with Crippen molar-refractivity contribution in [3.05, 3.63) is 34.8 Å². The number of rotatable bonds is 6. The number of nitrogens with zero attached hydrogens (tertiary/aromatic N) is 2. The van der Waals surface area contributed by atoms with Gasteiger partial charge in [-0.05, 0) is 26.0 Å². The number of aryl methyl sites for hydroxylation is 1. The van der Waals surface area contributed by atoms with Crippen LogP contribution in [0.1, 0.15) is 22.3 Å². The smallest absolute Gasteiger partial charge is 0.174 e. The number of benzene rings is 1. The van der Waals surface area contributed by atoms with Crippen LogP contribution in [0.3, 0.4) is 0 Å². The van der Waals surface area contributed by atoms with Crippen molar-refractivity contribution in [3.8, 4) is 5.75 Å². The first-order valence-electron chi connectivity index (χ1n) is 5.82. The number of aromatic nitrogens is 2. The van der Waals surface area contributed by atoms with Gasteiger partial charge in [0.1, 0.15) is 10.8 Å². The molecule has 6 heteroatoms. The number of hydrogen-bond donors (Lipinski definition) is 0. The van der Waals surface area contributed by atoms with Gasteiger partial charge >= 0.3 is 0 Å². The molecule has 19 heavy (non-hydrogen) atoms. The topological polar surface area (TPSA) is 52.1 Å². The van der Waals surface area contributed by atoms with Crippen LogP contribution >= 0.6 is 23.1 Å². The predicted octanol–water partition coefficient (Wildman–Crippen LogP) is 3.22. The lowest BCUT2D eigenvalue weighted by Gasteiger charge is -2.08. The van der Waals surface area contributed by atoms with Crippen LogP contribution in [0.5, 0.6) is 5.75 Å². The van der Waals surface area contributed by atoms with Gasteiger partial charge in [0, 0.05) is 5.75 Å². The van der Waals surface area contributed by atoms with Gasteiger partial charge in [-0.3, -0.25) is 4.79 Å². The van der Waals surface area contributed by atoms with E-state index in [0.29, 0.717) is 17.9 Å². The van der Waals surface area contributed by atoms with Gasteiger partial charge in [0.25, 0.3) is 0 Å². The zero-order valence-electron chi connectivity index (χ0n) is 10.8. The summed E-state index contributed by atoms with van der Waals surface area (Å²) in [6.07, 6.45) is 0. The Hall–Kier alpha value is -1.40. The summed E-state index contributed by atoms with van der Waals surface area (Å²) in [5.74, 6) is 1.44. The highest BCUT2D eigenvalue weighted by Gasteiger charge is 2.07. The van der Waals surface area contributed by atoms with Crippen LogP contribution in [0.4, 0.5) is 0 Å². The third-order valence-electron chi connectivity index (χ3n) is 2.34. The highest BCUT2D eigenvalue weighted by Crippen LogP contribution is 2.23. The van der Waals surface area contributed by atoms with E-state index in [4.69, 9.17) is 4.74 Å². The number of hydrogen-bond acceptors (Lipinski definition) is 6. The lowest BCUT2D eigenvalue weighted by molar-refractivity contribution is 0.101. The molecule has 0 amide bonds. The monoisotopic (exact) mass is 294 g/mol. The molecule has 0 spiro atoms. The van der Waals surface area contributed by atoms with E-state index >= 15 is 0 Å². The Balaban J connectivity index is 1.84. The molecule has 0 unspecified atom stereocenters. The molecule has 100 valence electrons. The van der Waals surface area contributed by atoms with E-state index < -0.39 is 0 Å². The quantitative estimate of drug-likeness (QED) is 0.465. The van der Waals surface area contributed by atoms with Gasteiger partial charge in [0.15, 0.2) is 10.1 Å². The molecule has 0 fully saturated rings. The van der Waals surface area contributed by atoms with E-state index in [1.54, 1.807) is 36.1 Å². The van der Waals surface area contributed by atoms with Crippen molar-refractivity contribution in [2.24, 2.45) is 0 Å². The Kier molecular flexibility index (Phi) is 4.93. The van der Waals surface area contributed by atoms with Crippen molar-refractivity contribution in [3.63, 3.8) is 0 Å². The highest BCUT2D eigenvalue weighted by molar-refractivity contribution is 8.01. The molecule has 0 aliphatic rings. The zero-order valence-corrected chi connectivity index (χ0v) is 12.4. The van der Waals surface area contributed by atoms with Crippen molar-refractivity contribution in [2.45, 2.75) is 18.2 Å². The number of carbonyl (C=O) groups is 1. The summed E-state index contributed by atoms with van der Waals surface area (Å²) in [5.41, 5.74) is 0.624. The van der Waals surface area contributed by atoms with Crippen LogP contribution in [0.2, 0.25) is 0 Å². The molecule has 0 saturated heterocycles. The Morgan fingerprint density at radius 1 is 1.37 bits per heavy atom. The minimum atomic E-state index is 0.0167. The number of ether oxygens (including phenoxy) is 1. The van der Waals surface area contributed by atoms with Crippen molar-refractivity contribution >= 4 is 28.9 Å². The summed E-state index contributed by atoms with van der Waals surface area (Å²) in [5, 5.41) is 8.94. The molecule has 4 nitrogen and oxygen atoms in total. The Morgan fingerprint density at radius 2 is 2.16 bits per heavy atom. The lowest BCUT2D eigenvalue weighted by atomic mass is 10.1. The van der Waals surface area contributed by atoms with Gasteiger partial charge < -0.3 is 4.74 Å². The predicted molar refractivity (Wildman–Crippen MR) is 77.3 cm³/mol. The van der Waals surface area contributed by atoms with Gasteiger partial charge in [0.05, 0.1) is 12.2 Å². The van der Waals surface area contributed by atoms with Crippen molar-refractivity contribution < 1.29 is 9.53 Å². The van der Waals surface area contributed by atoms with E-state index in [0.717, 1.165) is 15.1 Å². The third-order valence-corrected chi connectivity index (χ3v) is 4.28. The van der Waals surface area contributed by atoms with Gasteiger partial charge in [0.2, 0.25) is 0 Å². The number of thioether (sulfide) groups is 1. The van der Waals surface area contributed by atoms with E-state index in [-0.39, 0.29) is 5.78 Å². The van der Waals surface area contributed by atoms with Gasteiger partial charge in [-0.15, -0.1) is 10.2 Å².